The van der Waals surface area contributed by atoms with Gasteiger partial charge in [0.1, 0.15) is 5.01 Å². The molecule has 0 radical (unpaired) electrons. The number of hydrogen-bond donors (Lipinski definition) is 1. The van der Waals surface area contributed by atoms with Crippen molar-refractivity contribution in [3.63, 3.8) is 0 Å². The maximum absolute atomic E-state index is 11.6. The van der Waals surface area contributed by atoms with E-state index in [4.69, 9.17) is 4.98 Å². The first-order valence-electron chi connectivity index (χ1n) is 8.14. The minimum Gasteiger partial charge on any atom is -0.374 e. The monoisotopic (exact) mass is 343 g/mol. The molecular formula is C22H17NOS. The second-order valence-corrected chi connectivity index (χ2v) is 6.89. The number of rotatable bonds is 4. The van der Waals surface area contributed by atoms with Crippen LogP contribution in [0.15, 0.2) is 91.0 Å². The van der Waals surface area contributed by atoms with Crippen LogP contribution < -0.4 is 0 Å². The van der Waals surface area contributed by atoms with E-state index in [0.29, 0.717) is 5.01 Å². The molecule has 3 aromatic carbocycles. The van der Waals surface area contributed by atoms with Crippen molar-refractivity contribution in [1.82, 2.24) is 4.98 Å². The number of fused-ring (bicyclic) bond motifs is 1. The summed E-state index contributed by atoms with van der Waals surface area (Å²) in [6.07, 6.45) is 3.77. The Morgan fingerprint density at radius 2 is 1.44 bits per heavy atom. The number of benzene rings is 3. The fourth-order valence-corrected chi connectivity index (χ4v) is 3.86. The van der Waals surface area contributed by atoms with Gasteiger partial charge >= 0.3 is 0 Å². The first kappa shape index (κ1) is 15.8. The molecule has 4 rings (SSSR count). The second-order valence-electron chi connectivity index (χ2n) is 5.86. The topological polar surface area (TPSA) is 33.1 Å². The molecule has 0 amide bonds. The summed E-state index contributed by atoms with van der Waals surface area (Å²) in [5.41, 5.74) is 1.49. The molecule has 1 heterocycles. The van der Waals surface area contributed by atoms with Crippen LogP contribution in [0.2, 0.25) is 0 Å². The maximum Gasteiger partial charge on any atom is 0.160 e. The van der Waals surface area contributed by atoms with Crippen LogP contribution in [0.3, 0.4) is 0 Å². The lowest BCUT2D eigenvalue weighted by Gasteiger charge is -2.22. The molecule has 1 aromatic heterocycles. The minimum absolute atomic E-state index is 0.673. The van der Waals surface area contributed by atoms with Crippen molar-refractivity contribution in [2.75, 3.05) is 0 Å². The zero-order valence-corrected chi connectivity index (χ0v) is 14.4. The average Bonchev–Trinajstić information content (AvgIpc) is 3.12. The Hall–Kier alpha value is -2.75. The Morgan fingerprint density at radius 3 is 2.16 bits per heavy atom. The van der Waals surface area contributed by atoms with Gasteiger partial charge in [-0.15, -0.1) is 11.3 Å². The maximum atomic E-state index is 11.6. The number of aromatic nitrogens is 1. The van der Waals surface area contributed by atoms with Crippen molar-refractivity contribution in [3.8, 4) is 0 Å². The van der Waals surface area contributed by atoms with E-state index >= 15 is 0 Å². The number of para-hydroxylation sites is 1. The van der Waals surface area contributed by atoms with E-state index in [1.54, 1.807) is 0 Å². The molecule has 2 nitrogen and oxygen atoms in total. The molecule has 25 heavy (non-hydrogen) atoms. The molecule has 0 unspecified atom stereocenters. The Bertz CT molecular complexity index is 975. The van der Waals surface area contributed by atoms with Crippen LogP contribution in [-0.4, -0.2) is 10.1 Å². The molecule has 1 atom stereocenters. The minimum atomic E-state index is -1.26. The SMILES string of the molecule is O[C@@](/C=C\c1ccccc1)(c1ccccc1)c1nc2ccccc2s1. The lowest BCUT2D eigenvalue weighted by molar-refractivity contribution is 0.135. The fourth-order valence-electron chi connectivity index (χ4n) is 2.80. The summed E-state index contributed by atoms with van der Waals surface area (Å²) >= 11 is 1.52. The predicted molar refractivity (Wildman–Crippen MR) is 105 cm³/mol. The Kier molecular flexibility index (Phi) is 4.18. The average molecular weight is 343 g/mol. The quantitative estimate of drug-likeness (QED) is 0.549. The molecule has 3 heteroatoms. The fraction of sp³-hybridized carbons (Fsp3) is 0.0455. The Morgan fingerprint density at radius 1 is 0.800 bits per heavy atom. The molecule has 0 aliphatic heterocycles. The molecule has 0 spiro atoms. The predicted octanol–water partition coefficient (Wildman–Crippen LogP) is 5.25. The molecular weight excluding hydrogens is 326 g/mol. The summed E-state index contributed by atoms with van der Waals surface area (Å²) in [6.45, 7) is 0. The molecule has 122 valence electrons. The zero-order valence-electron chi connectivity index (χ0n) is 13.5. The third kappa shape index (κ3) is 3.12. The normalized spacial score (nSPS) is 14.0. The molecule has 1 N–H and O–H groups in total. The summed E-state index contributed by atoms with van der Waals surface area (Å²) in [4.78, 5) is 4.69. The van der Waals surface area contributed by atoms with E-state index in [9.17, 15) is 5.11 Å². The Labute approximate surface area is 150 Å². The van der Waals surface area contributed by atoms with Crippen molar-refractivity contribution in [3.05, 3.63) is 107 Å². The van der Waals surface area contributed by atoms with Crippen molar-refractivity contribution in [2.24, 2.45) is 0 Å². The molecule has 0 aliphatic rings. The van der Waals surface area contributed by atoms with Gasteiger partial charge in [0.2, 0.25) is 0 Å². The van der Waals surface area contributed by atoms with Crippen molar-refractivity contribution < 1.29 is 5.11 Å². The van der Waals surface area contributed by atoms with E-state index in [1.165, 1.54) is 11.3 Å². The van der Waals surface area contributed by atoms with Gasteiger partial charge in [-0.2, -0.15) is 0 Å². The first-order valence-corrected chi connectivity index (χ1v) is 8.95. The first-order chi connectivity index (χ1) is 12.3. The van der Waals surface area contributed by atoms with Gasteiger partial charge in [0.25, 0.3) is 0 Å². The second kappa shape index (κ2) is 6.63. The number of thiazole rings is 1. The highest BCUT2D eigenvalue weighted by molar-refractivity contribution is 7.18. The summed E-state index contributed by atoms with van der Waals surface area (Å²) < 4.78 is 1.07. The van der Waals surface area contributed by atoms with Gasteiger partial charge in [-0.05, 0) is 29.3 Å². The van der Waals surface area contributed by atoms with Crippen LogP contribution in [0.25, 0.3) is 16.3 Å². The summed E-state index contributed by atoms with van der Waals surface area (Å²) in [7, 11) is 0. The zero-order chi connectivity index (χ0) is 17.1. The van der Waals surface area contributed by atoms with Gasteiger partial charge < -0.3 is 5.11 Å². The lowest BCUT2D eigenvalue weighted by Crippen LogP contribution is -2.24. The highest BCUT2D eigenvalue weighted by atomic mass is 32.1. The van der Waals surface area contributed by atoms with Gasteiger partial charge in [0.15, 0.2) is 5.60 Å². The summed E-state index contributed by atoms with van der Waals surface area (Å²) in [6, 6.07) is 27.6. The van der Waals surface area contributed by atoms with E-state index in [-0.39, 0.29) is 0 Å². The number of aliphatic hydroxyl groups is 1. The molecule has 0 bridgehead atoms. The van der Waals surface area contributed by atoms with Gasteiger partial charge in [0, 0.05) is 0 Å². The Balaban J connectivity index is 1.85. The summed E-state index contributed by atoms with van der Waals surface area (Å²) in [5.74, 6) is 0. The van der Waals surface area contributed by atoms with Gasteiger partial charge in [-0.3, -0.25) is 0 Å². The van der Waals surface area contributed by atoms with Crippen LogP contribution >= 0.6 is 11.3 Å². The molecule has 0 saturated heterocycles. The number of hydrogen-bond acceptors (Lipinski definition) is 3. The summed E-state index contributed by atoms with van der Waals surface area (Å²) in [5, 5.41) is 12.3. The van der Waals surface area contributed by atoms with E-state index in [2.05, 4.69) is 0 Å². The van der Waals surface area contributed by atoms with Crippen molar-refractivity contribution >= 4 is 27.6 Å². The molecule has 4 aromatic rings. The van der Waals surface area contributed by atoms with Crippen molar-refractivity contribution in [1.29, 1.82) is 0 Å². The van der Waals surface area contributed by atoms with Gasteiger partial charge in [0.05, 0.1) is 10.2 Å². The van der Waals surface area contributed by atoms with E-state index in [0.717, 1.165) is 21.3 Å². The number of nitrogens with zero attached hydrogens (tertiary/aromatic N) is 1. The molecule has 0 aliphatic carbocycles. The smallest absolute Gasteiger partial charge is 0.160 e. The van der Waals surface area contributed by atoms with E-state index < -0.39 is 5.60 Å². The van der Waals surface area contributed by atoms with Gasteiger partial charge in [-0.1, -0.05) is 78.9 Å². The highest BCUT2D eigenvalue weighted by Crippen LogP contribution is 2.36. The van der Waals surface area contributed by atoms with Gasteiger partial charge in [-0.25, -0.2) is 4.98 Å². The van der Waals surface area contributed by atoms with Crippen LogP contribution in [0, 0.1) is 0 Å². The lowest BCUT2D eigenvalue weighted by atomic mass is 9.93. The third-order valence-corrected chi connectivity index (χ3v) is 5.31. The van der Waals surface area contributed by atoms with Crippen LogP contribution in [-0.2, 0) is 5.60 Å². The van der Waals surface area contributed by atoms with Crippen LogP contribution in [0.1, 0.15) is 16.1 Å². The molecule has 0 fully saturated rings. The third-order valence-electron chi connectivity index (χ3n) is 4.15. The van der Waals surface area contributed by atoms with Crippen LogP contribution in [0.4, 0.5) is 0 Å². The largest absolute Gasteiger partial charge is 0.374 e. The van der Waals surface area contributed by atoms with Crippen molar-refractivity contribution in [2.45, 2.75) is 5.60 Å². The standard InChI is InChI=1S/C22H17NOS/c24-22(18-11-5-2-6-12-18,16-15-17-9-3-1-4-10-17)21-23-19-13-7-8-14-20(19)25-21/h1-16,24H/b16-15-/t22-/m0/s1. The van der Waals surface area contributed by atoms with Crippen LogP contribution in [0.5, 0.6) is 0 Å². The van der Waals surface area contributed by atoms with E-state index in [1.807, 2.05) is 97.1 Å². The molecule has 0 saturated carbocycles. The highest BCUT2D eigenvalue weighted by Gasteiger charge is 2.32.